The van der Waals surface area contributed by atoms with Crippen molar-refractivity contribution in [2.24, 2.45) is 0 Å². The van der Waals surface area contributed by atoms with Gasteiger partial charge in [0, 0.05) is 15.0 Å². The molecule has 0 aliphatic carbocycles. The summed E-state index contributed by atoms with van der Waals surface area (Å²) >= 11 is 12.0. The van der Waals surface area contributed by atoms with Gasteiger partial charge in [-0.25, -0.2) is 0 Å². The molecule has 0 saturated heterocycles. The molecule has 0 N–H and O–H groups in total. The second-order valence-corrected chi connectivity index (χ2v) is 4.64. The van der Waals surface area contributed by atoms with Crippen LogP contribution in [0, 0.1) is 11.3 Å². The number of fused-ring (bicyclic) bond motifs is 1. The minimum absolute atomic E-state index is 0.405. The van der Waals surface area contributed by atoms with Gasteiger partial charge in [-0.1, -0.05) is 11.6 Å². The summed E-state index contributed by atoms with van der Waals surface area (Å²) in [6, 6.07) is 5.97. The van der Waals surface area contributed by atoms with Gasteiger partial charge >= 0.3 is 0 Å². The van der Waals surface area contributed by atoms with Crippen LogP contribution in [0.2, 0.25) is 5.02 Å². The highest BCUT2D eigenvalue weighted by Gasteiger charge is 2.09. The van der Waals surface area contributed by atoms with E-state index in [4.69, 9.17) is 16.9 Å². The van der Waals surface area contributed by atoms with Crippen LogP contribution in [-0.2, 0) is 6.42 Å². The lowest BCUT2D eigenvalue weighted by molar-refractivity contribution is 1.27. The van der Waals surface area contributed by atoms with Crippen LogP contribution < -0.4 is 0 Å². The van der Waals surface area contributed by atoms with Crippen LogP contribution in [0.3, 0.4) is 0 Å². The molecule has 0 radical (unpaired) electrons. The third kappa shape index (κ3) is 1.50. The van der Waals surface area contributed by atoms with E-state index in [1.165, 1.54) is 0 Å². The van der Waals surface area contributed by atoms with Crippen LogP contribution in [0.25, 0.3) is 10.1 Å². The van der Waals surface area contributed by atoms with Crippen LogP contribution in [0.4, 0.5) is 0 Å². The lowest BCUT2D eigenvalue weighted by Gasteiger charge is -2.03. The summed E-state index contributed by atoms with van der Waals surface area (Å²) in [5.74, 6) is 0. The monoisotopic (exact) mass is 239 g/mol. The molecule has 1 aromatic heterocycles. The molecule has 14 heavy (non-hydrogen) atoms. The minimum atomic E-state index is 0.405. The van der Waals surface area contributed by atoms with Gasteiger partial charge in [-0.05, 0) is 23.1 Å². The number of hydrogen-bond acceptors (Lipinski definition) is 3. The van der Waals surface area contributed by atoms with Gasteiger partial charge in [0.1, 0.15) is 0 Å². The Balaban J connectivity index is 2.79. The first-order chi connectivity index (χ1) is 6.74. The van der Waals surface area contributed by atoms with Crippen LogP contribution in [-0.4, -0.2) is 0 Å². The zero-order valence-corrected chi connectivity index (χ0v) is 9.59. The van der Waals surface area contributed by atoms with Gasteiger partial charge in [-0.15, -0.1) is 24.0 Å². The van der Waals surface area contributed by atoms with Crippen molar-refractivity contribution in [3.8, 4) is 6.07 Å². The fourth-order valence-electron chi connectivity index (χ4n) is 1.38. The Kier molecular flexibility index (Phi) is 2.69. The maximum atomic E-state index is 8.67. The Hall–Kier alpha value is -0.690. The second kappa shape index (κ2) is 3.82. The number of nitriles is 1. The van der Waals surface area contributed by atoms with Crippen LogP contribution in [0.5, 0.6) is 0 Å². The highest BCUT2D eigenvalue weighted by molar-refractivity contribution is 7.80. The summed E-state index contributed by atoms with van der Waals surface area (Å²) in [5.41, 5.74) is 1.01. The second-order valence-electron chi connectivity index (χ2n) is 2.87. The fourth-order valence-corrected chi connectivity index (χ4v) is 2.84. The molecule has 0 aliphatic heterocycles. The Morgan fingerprint density at radius 1 is 1.57 bits per heavy atom. The van der Waals surface area contributed by atoms with Gasteiger partial charge in [-0.3, -0.25) is 0 Å². The summed E-state index contributed by atoms with van der Waals surface area (Å²) in [6.07, 6.45) is 0.405. The van der Waals surface area contributed by atoms with Crippen molar-refractivity contribution in [3.63, 3.8) is 0 Å². The van der Waals surface area contributed by atoms with E-state index in [1.54, 1.807) is 11.3 Å². The Morgan fingerprint density at radius 2 is 2.36 bits per heavy atom. The zero-order chi connectivity index (χ0) is 10.1. The molecular formula is C10H6ClNS2. The van der Waals surface area contributed by atoms with Gasteiger partial charge in [-0.2, -0.15) is 5.26 Å². The molecular weight excluding hydrogens is 234 g/mol. The van der Waals surface area contributed by atoms with Crippen LogP contribution in [0.15, 0.2) is 22.4 Å². The predicted molar refractivity (Wildman–Crippen MR) is 63.4 cm³/mol. The summed E-state index contributed by atoms with van der Waals surface area (Å²) < 4.78 is 1.09. The molecule has 70 valence electrons. The quantitative estimate of drug-likeness (QED) is 0.750. The molecule has 0 amide bonds. The summed E-state index contributed by atoms with van der Waals surface area (Å²) in [4.78, 5) is 0.739. The maximum absolute atomic E-state index is 8.67. The Bertz CT molecular complexity index is 525. The van der Waals surface area contributed by atoms with Gasteiger partial charge in [0.25, 0.3) is 0 Å². The molecule has 0 fully saturated rings. The van der Waals surface area contributed by atoms with Crippen molar-refractivity contribution in [2.45, 2.75) is 11.3 Å². The molecule has 0 atom stereocenters. The number of hydrogen-bond donors (Lipinski definition) is 1. The summed E-state index contributed by atoms with van der Waals surface area (Å²) in [6.45, 7) is 0. The van der Waals surface area contributed by atoms with E-state index >= 15 is 0 Å². The van der Waals surface area contributed by atoms with Crippen molar-refractivity contribution >= 4 is 45.7 Å². The van der Waals surface area contributed by atoms with E-state index in [2.05, 4.69) is 18.7 Å². The third-order valence-electron chi connectivity index (χ3n) is 2.00. The van der Waals surface area contributed by atoms with E-state index in [-0.39, 0.29) is 0 Å². The predicted octanol–water partition coefficient (Wildman–Crippen LogP) is 3.91. The lowest BCUT2D eigenvalue weighted by atomic mass is 10.1. The average molecular weight is 240 g/mol. The molecule has 1 nitrogen and oxygen atoms in total. The van der Waals surface area contributed by atoms with Crippen molar-refractivity contribution in [1.29, 1.82) is 5.26 Å². The molecule has 0 saturated carbocycles. The van der Waals surface area contributed by atoms with Crippen molar-refractivity contribution in [2.75, 3.05) is 0 Å². The van der Waals surface area contributed by atoms with E-state index in [1.807, 2.05) is 17.5 Å². The van der Waals surface area contributed by atoms with Crippen molar-refractivity contribution < 1.29 is 0 Å². The van der Waals surface area contributed by atoms with E-state index < -0.39 is 0 Å². The standard InChI is InChI=1S/C10H6ClNS2/c11-9-7-2-4-14-10(7)6(1-3-12)5-8(9)13/h2,4-5,13H,1H2. The molecule has 1 heterocycles. The van der Waals surface area contributed by atoms with Gasteiger partial charge in [0.05, 0.1) is 17.5 Å². The molecule has 0 unspecified atom stereocenters. The zero-order valence-electron chi connectivity index (χ0n) is 7.12. The molecule has 2 aromatic rings. The smallest absolute Gasteiger partial charge is 0.0670 e. The molecule has 0 aliphatic rings. The topological polar surface area (TPSA) is 23.8 Å². The fraction of sp³-hybridized carbons (Fsp3) is 0.100. The van der Waals surface area contributed by atoms with Gasteiger partial charge in [0.2, 0.25) is 0 Å². The molecule has 4 heteroatoms. The highest BCUT2D eigenvalue weighted by Crippen LogP contribution is 2.35. The number of thiol groups is 1. The van der Waals surface area contributed by atoms with Crippen LogP contribution in [0.1, 0.15) is 5.56 Å². The van der Waals surface area contributed by atoms with Crippen molar-refractivity contribution in [1.82, 2.24) is 0 Å². The SMILES string of the molecule is N#CCc1cc(S)c(Cl)c2ccsc12. The van der Waals surface area contributed by atoms with E-state index in [0.717, 1.165) is 20.5 Å². The van der Waals surface area contributed by atoms with Gasteiger partial charge < -0.3 is 0 Å². The maximum Gasteiger partial charge on any atom is 0.0670 e. The minimum Gasteiger partial charge on any atom is -0.198 e. The summed E-state index contributed by atoms with van der Waals surface area (Å²) in [7, 11) is 0. The number of halogens is 1. The normalized spacial score (nSPS) is 10.4. The van der Waals surface area contributed by atoms with E-state index in [9.17, 15) is 0 Å². The summed E-state index contributed by atoms with van der Waals surface area (Å²) in [5, 5.41) is 12.3. The average Bonchev–Trinajstić information content (AvgIpc) is 2.63. The number of thiophene rings is 1. The van der Waals surface area contributed by atoms with Crippen LogP contribution >= 0.6 is 35.6 Å². The first kappa shape index (κ1) is 9.85. The molecule has 1 aromatic carbocycles. The molecule has 0 spiro atoms. The van der Waals surface area contributed by atoms with Gasteiger partial charge in [0.15, 0.2) is 0 Å². The van der Waals surface area contributed by atoms with E-state index in [0.29, 0.717) is 11.4 Å². The number of nitrogens with zero attached hydrogens (tertiary/aromatic N) is 1. The largest absolute Gasteiger partial charge is 0.198 e. The number of benzene rings is 1. The first-order valence-corrected chi connectivity index (χ1v) is 5.69. The number of rotatable bonds is 1. The lowest BCUT2D eigenvalue weighted by Crippen LogP contribution is -1.83. The first-order valence-electron chi connectivity index (χ1n) is 3.98. The van der Waals surface area contributed by atoms with Crippen molar-refractivity contribution in [3.05, 3.63) is 28.1 Å². The molecule has 0 bridgehead atoms. The molecule has 2 rings (SSSR count). The highest BCUT2D eigenvalue weighted by atomic mass is 35.5. The third-order valence-corrected chi connectivity index (χ3v) is 3.88. The Morgan fingerprint density at radius 3 is 3.07 bits per heavy atom. The Labute approximate surface area is 96.3 Å².